The third-order valence-electron chi connectivity index (χ3n) is 3.12. The summed E-state index contributed by atoms with van der Waals surface area (Å²) in [7, 11) is 0. The summed E-state index contributed by atoms with van der Waals surface area (Å²) >= 11 is 0. The SMILES string of the molecule is C.CCC(C)(C)C(=O)CCc1ccccc1. The average Bonchev–Trinajstić information content (AvgIpc) is 2.27. The topological polar surface area (TPSA) is 17.1 Å². The summed E-state index contributed by atoms with van der Waals surface area (Å²) in [5.41, 5.74) is 1.09. The van der Waals surface area contributed by atoms with E-state index < -0.39 is 0 Å². The molecule has 1 nitrogen and oxygen atoms in total. The Bertz CT molecular complexity index is 311. The van der Waals surface area contributed by atoms with Gasteiger partial charge in [-0.3, -0.25) is 4.79 Å². The maximum atomic E-state index is 11.9. The van der Waals surface area contributed by atoms with Crippen LogP contribution in [0.3, 0.4) is 0 Å². The summed E-state index contributed by atoms with van der Waals surface area (Å²) in [6.07, 6.45) is 2.44. The van der Waals surface area contributed by atoms with Crippen molar-refractivity contribution in [2.45, 2.75) is 47.5 Å². The van der Waals surface area contributed by atoms with Crippen molar-refractivity contribution in [3.63, 3.8) is 0 Å². The molecule has 0 aliphatic carbocycles. The molecule has 0 saturated heterocycles. The predicted octanol–water partition coefficient (Wildman–Crippen LogP) is 4.26. The lowest BCUT2D eigenvalue weighted by molar-refractivity contribution is -0.127. The minimum Gasteiger partial charge on any atom is -0.299 e. The average molecular weight is 220 g/mol. The van der Waals surface area contributed by atoms with E-state index in [9.17, 15) is 4.79 Å². The Kier molecular flexibility index (Phi) is 6.02. The van der Waals surface area contributed by atoms with Crippen LogP contribution in [-0.2, 0) is 11.2 Å². The maximum absolute atomic E-state index is 11.9. The van der Waals surface area contributed by atoms with Gasteiger partial charge in [-0.15, -0.1) is 0 Å². The molecule has 0 unspecified atom stereocenters. The van der Waals surface area contributed by atoms with E-state index in [0.29, 0.717) is 12.2 Å². The molecule has 1 rings (SSSR count). The Morgan fingerprint density at radius 1 is 1.19 bits per heavy atom. The van der Waals surface area contributed by atoms with Gasteiger partial charge in [0, 0.05) is 11.8 Å². The van der Waals surface area contributed by atoms with Crippen molar-refractivity contribution >= 4 is 5.78 Å². The van der Waals surface area contributed by atoms with Crippen LogP contribution >= 0.6 is 0 Å². The first kappa shape index (κ1) is 14.9. The second kappa shape index (κ2) is 6.47. The number of hydrogen-bond donors (Lipinski definition) is 0. The highest BCUT2D eigenvalue weighted by Crippen LogP contribution is 2.23. The Morgan fingerprint density at radius 2 is 1.75 bits per heavy atom. The van der Waals surface area contributed by atoms with Crippen LogP contribution in [0, 0.1) is 5.41 Å². The fourth-order valence-electron chi connectivity index (χ4n) is 1.44. The van der Waals surface area contributed by atoms with Crippen LogP contribution in [0.5, 0.6) is 0 Å². The lowest BCUT2D eigenvalue weighted by Crippen LogP contribution is -2.23. The van der Waals surface area contributed by atoms with Crippen molar-refractivity contribution in [1.82, 2.24) is 0 Å². The molecular weight excluding hydrogens is 196 g/mol. The molecule has 1 aromatic carbocycles. The van der Waals surface area contributed by atoms with Crippen molar-refractivity contribution < 1.29 is 4.79 Å². The zero-order valence-electron chi connectivity index (χ0n) is 9.92. The van der Waals surface area contributed by atoms with E-state index in [-0.39, 0.29) is 12.8 Å². The van der Waals surface area contributed by atoms with Crippen LogP contribution in [-0.4, -0.2) is 5.78 Å². The minimum absolute atomic E-state index is 0. The van der Waals surface area contributed by atoms with Crippen molar-refractivity contribution in [2.24, 2.45) is 5.41 Å². The van der Waals surface area contributed by atoms with Gasteiger partial charge in [0.15, 0.2) is 0 Å². The monoisotopic (exact) mass is 220 g/mol. The number of ketones is 1. The normalized spacial score (nSPS) is 10.7. The van der Waals surface area contributed by atoms with Crippen molar-refractivity contribution in [3.8, 4) is 0 Å². The quantitative estimate of drug-likeness (QED) is 0.724. The summed E-state index contributed by atoms with van der Waals surface area (Å²) in [5, 5.41) is 0. The molecule has 0 radical (unpaired) electrons. The van der Waals surface area contributed by atoms with Gasteiger partial charge in [0.2, 0.25) is 0 Å². The highest BCUT2D eigenvalue weighted by atomic mass is 16.1. The summed E-state index contributed by atoms with van der Waals surface area (Å²) < 4.78 is 0. The van der Waals surface area contributed by atoms with Gasteiger partial charge >= 0.3 is 0 Å². The molecule has 0 N–H and O–H groups in total. The van der Waals surface area contributed by atoms with Crippen LogP contribution in [0.1, 0.15) is 46.6 Å². The number of hydrogen-bond acceptors (Lipinski definition) is 1. The Labute approximate surface area is 99.9 Å². The molecule has 0 heterocycles. The number of carbonyl (C=O) groups excluding carboxylic acids is 1. The van der Waals surface area contributed by atoms with Gasteiger partial charge in [-0.05, 0) is 18.4 Å². The Hall–Kier alpha value is -1.11. The van der Waals surface area contributed by atoms with Gasteiger partial charge in [-0.1, -0.05) is 58.5 Å². The molecule has 0 aromatic heterocycles. The van der Waals surface area contributed by atoms with E-state index in [2.05, 4.69) is 19.1 Å². The largest absolute Gasteiger partial charge is 0.299 e. The van der Waals surface area contributed by atoms with E-state index in [1.807, 2.05) is 32.0 Å². The molecule has 1 heteroatoms. The van der Waals surface area contributed by atoms with E-state index in [4.69, 9.17) is 0 Å². The van der Waals surface area contributed by atoms with Gasteiger partial charge in [-0.25, -0.2) is 0 Å². The summed E-state index contributed by atoms with van der Waals surface area (Å²) in [6, 6.07) is 10.2. The molecule has 0 aliphatic rings. The maximum Gasteiger partial charge on any atom is 0.138 e. The third kappa shape index (κ3) is 4.18. The lowest BCUT2D eigenvalue weighted by atomic mass is 9.83. The molecule has 0 spiro atoms. The van der Waals surface area contributed by atoms with E-state index in [0.717, 1.165) is 12.8 Å². The van der Waals surface area contributed by atoms with E-state index in [1.54, 1.807) is 0 Å². The predicted molar refractivity (Wildman–Crippen MR) is 70.6 cm³/mol. The fourth-order valence-corrected chi connectivity index (χ4v) is 1.44. The van der Waals surface area contributed by atoms with Crippen molar-refractivity contribution in [1.29, 1.82) is 0 Å². The number of aryl methyl sites for hydroxylation is 1. The zero-order chi connectivity index (χ0) is 11.3. The summed E-state index contributed by atoms with van der Waals surface area (Å²) in [4.78, 5) is 11.9. The first-order valence-electron chi connectivity index (χ1n) is 5.63. The third-order valence-corrected chi connectivity index (χ3v) is 3.12. The molecule has 0 aliphatic heterocycles. The molecule has 0 atom stereocenters. The highest BCUT2D eigenvalue weighted by Gasteiger charge is 2.24. The molecular formula is C15H24O. The summed E-state index contributed by atoms with van der Waals surface area (Å²) in [5.74, 6) is 0.369. The van der Waals surface area contributed by atoms with Gasteiger partial charge in [0.1, 0.15) is 5.78 Å². The molecule has 1 aromatic rings. The first-order valence-corrected chi connectivity index (χ1v) is 5.63. The number of Topliss-reactive ketones (excluding diaryl/α,β-unsaturated/α-hetero) is 1. The number of rotatable bonds is 5. The van der Waals surface area contributed by atoms with Crippen LogP contribution < -0.4 is 0 Å². The number of carbonyl (C=O) groups is 1. The fraction of sp³-hybridized carbons (Fsp3) is 0.533. The minimum atomic E-state index is -0.158. The molecule has 90 valence electrons. The Morgan fingerprint density at radius 3 is 2.25 bits per heavy atom. The van der Waals surface area contributed by atoms with Crippen molar-refractivity contribution in [3.05, 3.63) is 35.9 Å². The molecule has 0 fully saturated rings. The number of benzene rings is 1. The van der Waals surface area contributed by atoms with Gasteiger partial charge in [-0.2, -0.15) is 0 Å². The molecule has 0 amide bonds. The van der Waals surface area contributed by atoms with Crippen LogP contribution in [0.15, 0.2) is 30.3 Å². The van der Waals surface area contributed by atoms with Gasteiger partial charge < -0.3 is 0 Å². The van der Waals surface area contributed by atoms with E-state index >= 15 is 0 Å². The Balaban J connectivity index is 0.00000225. The molecule has 0 bridgehead atoms. The zero-order valence-corrected chi connectivity index (χ0v) is 9.92. The smallest absolute Gasteiger partial charge is 0.138 e. The molecule has 16 heavy (non-hydrogen) atoms. The molecule has 0 saturated carbocycles. The first-order chi connectivity index (χ1) is 7.06. The standard InChI is InChI=1S/C14H20O.CH4/c1-4-14(2,3)13(15)11-10-12-8-6-5-7-9-12;/h5-9H,4,10-11H2,1-3H3;1H4. The van der Waals surface area contributed by atoms with Gasteiger partial charge in [0.05, 0.1) is 0 Å². The summed E-state index contributed by atoms with van der Waals surface area (Å²) in [6.45, 7) is 6.13. The van der Waals surface area contributed by atoms with Gasteiger partial charge in [0.25, 0.3) is 0 Å². The second-order valence-electron chi connectivity index (χ2n) is 4.65. The van der Waals surface area contributed by atoms with Crippen LogP contribution in [0.2, 0.25) is 0 Å². The lowest BCUT2D eigenvalue weighted by Gasteiger charge is -2.20. The van der Waals surface area contributed by atoms with Crippen molar-refractivity contribution in [2.75, 3.05) is 0 Å². The van der Waals surface area contributed by atoms with E-state index in [1.165, 1.54) is 5.56 Å². The van der Waals surface area contributed by atoms with Crippen LogP contribution in [0.25, 0.3) is 0 Å². The second-order valence-corrected chi connectivity index (χ2v) is 4.65. The highest BCUT2D eigenvalue weighted by molar-refractivity contribution is 5.84. The van der Waals surface area contributed by atoms with Crippen LogP contribution in [0.4, 0.5) is 0 Å².